The van der Waals surface area contributed by atoms with E-state index in [1.165, 1.54) is 5.56 Å². The number of nitrogens with one attached hydrogen (secondary N) is 1. The lowest BCUT2D eigenvalue weighted by atomic mass is 10.2. The molecular weight excluding hydrogens is 238 g/mol. The maximum atomic E-state index is 12.2. The molecule has 1 aliphatic heterocycles. The third-order valence-corrected chi connectivity index (χ3v) is 3.42. The van der Waals surface area contributed by atoms with Crippen molar-refractivity contribution < 1.29 is 4.79 Å². The maximum absolute atomic E-state index is 12.2. The number of carbonyl (C=O) groups excluding carboxylic acids is 1. The largest absolute Gasteiger partial charge is 0.339 e. The number of likely N-dealkylation sites (N-methyl/N-ethyl adjacent to an activating group) is 1. The molecule has 1 amide bonds. The lowest BCUT2D eigenvalue weighted by Gasteiger charge is -2.33. The summed E-state index contributed by atoms with van der Waals surface area (Å²) in [4.78, 5) is 16.2. The Balaban J connectivity index is 1.81. The fraction of sp³-hybridized carbons (Fsp3) is 0.533. The smallest absolute Gasteiger partial charge is 0.236 e. The zero-order valence-electron chi connectivity index (χ0n) is 11.8. The van der Waals surface area contributed by atoms with Gasteiger partial charge in [0.05, 0.1) is 6.54 Å². The van der Waals surface area contributed by atoms with E-state index in [0.717, 1.165) is 26.2 Å². The van der Waals surface area contributed by atoms with E-state index in [1.54, 1.807) is 0 Å². The topological polar surface area (TPSA) is 35.6 Å². The summed E-state index contributed by atoms with van der Waals surface area (Å²) < 4.78 is 0. The van der Waals surface area contributed by atoms with E-state index in [4.69, 9.17) is 0 Å². The van der Waals surface area contributed by atoms with Crippen LogP contribution in [0.1, 0.15) is 12.5 Å². The van der Waals surface area contributed by atoms with Gasteiger partial charge in [-0.2, -0.15) is 0 Å². The molecule has 1 aliphatic rings. The zero-order valence-corrected chi connectivity index (χ0v) is 11.8. The molecule has 19 heavy (non-hydrogen) atoms. The number of hydrogen-bond donors (Lipinski definition) is 1. The van der Waals surface area contributed by atoms with Gasteiger partial charge >= 0.3 is 0 Å². The first kappa shape index (κ1) is 14.0. The molecule has 0 radical (unpaired) electrons. The molecule has 1 aromatic carbocycles. The van der Waals surface area contributed by atoms with Crippen molar-refractivity contribution >= 4 is 5.91 Å². The lowest BCUT2D eigenvalue weighted by molar-refractivity contribution is -0.133. The van der Waals surface area contributed by atoms with Gasteiger partial charge in [-0.3, -0.25) is 9.69 Å². The summed E-state index contributed by atoms with van der Waals surface area (Å²) in [5.74, 6) is 0.229. The van der Waals surface area contributed by atoms with Gasteiger partial charge in [-0.05, 0) is 19.5 Å². The van der Waals surface area contributed by atoms with Crippen LogP contribution in [0.15, 0.2) is 30.3 Å². The maximum Gasteiger partial charge on any atom is 0.236 e. The van der Waals surface area contributed by atoms with E-state index < -0.39 is 0 Å². The van der Waals surface area contributed by atoms with Crippen LogP contribution in [0.25, 0.3) is 0 Å². The molecule has 0 spiro atoms. The Hall–Kier alpha value is -1.39. The Morgan fingerprint density at radius 3 is 2.84 bits per heavy atom. The molecule has 0 aliphatic carbocycles. The predicted molar refractivity (Wildman–Crippen MR) is 76.8 cm³/mol. The van der Waals surface area contributed by atoms with E-state index in [2.05, 4.69) is 29.3 Å². The molecule has 0 saturated carbocycles. The molecule has 2 rings (SSSR count). The summed E-state index contributed by atoms with van der Waals surface area (Å²) in [6, 6.07) is 10.7. The number of carbonyl (C=O) groups is 1. The van der Waals surface area contributed by atoms with Crippen molar-refractivity contribution in [2.24, 2.45) is 0 Å². The van der Waals surface area contributed by atoms with Crippen molar-refractivity contribution in [3.8, 4) is 0 Å². The number of hydrogen-bond acceptors (Lipinski definition) is 3. The number of piperazine rings is 1. The van der Waals surface area contributed by atoms with Gasteiger partial charge in [-0.15, -0.1) is 0 Å². The van der Waals surface area contributed by atoms with Gasteiger partial charge in [0, 0.05) is 32.2 Å². The number of amides is 1. The molecule has 1 saturated heterocycles. The summed E-state index contributed by atoms with van der Waals surface area (Å²) in [7, 11) is 2.00. The van der Waals surface area contributed by atoms with Gasteiger partial charge in [-0.25, -0.2) is 0 Å². The van der Waals surface area contributed by atoms with Crippen LogP contribution in [-0.2, 0) is 11.3 Å². The van der Waals surface area contributed by atoms with Gasteiger partial charge < -0.3 is 10.2 Å². The van der Waals surface area contributed by atoms with Crippen molar-refractivity contribution in [3.63, 3.8) is 0 Å². The van der Waals surface area contributed by atoms with Crippen LogP contribution in [0.5, 0.6) is 0 Å². The fourth-order valence-corrected chi connectivity index (χ4v) is 2.44. The summed E-state index contributed by atoms with van der Waals surface area (Å²) in [6.07, 6.45) is 0. The van der Waals surface area contributed by atoms with Gasteiger partial charge in [0.2, 0.25) is 5.91 Å². The van der Waals surface area contributed by atoms with Crippen molar-refractivity contribution in [2.45, 2.75) is 19.5 Å². The molecule has 1 N–H and O–H groups in total. The average molecular weight is 261 g/mol. The highest BCUT2D eigenvalue weighted by atomic mass is 16.2. The highest BCUT2D eigenvalue weighted by Gasteiger charge is 2.21. The van der Waals surface area contributed by atoms with E-state index in [9.17, 15) is 4.79 Å². The first-order valence-electron chi connectivity index (χ1n) is 6.89. The molecule has 4 nitrogen and oxygen atoms in total. The summed E-state index contributed by atoms with van der Waals surface area (Å²) in [5.41, 5.74) is 1.24. The minimum Gasteiger partial charge on any atom is -0.339 e. The fourth-order valence-electron chi connectivity index (χ4n) is 2.44. The van der Waals surface area contributed by atoms with Crippen LogP contribution < -0.4 is 5.32 Å². The quantitative estimate of drug-likeness (QED) is 0.876. The second-order valence-corrected chi connectivity index (χ2v) is 5.35. The summed E-state index contributed by atoms with van der Waals surface area (Å²) >= 11 is 0. The van der Waals surface area contributed by atoms with Crippen LogP contribution >= 0.6 is 0 Å². The van der Waals surface area contributed by atoms with Crippen molar-refractivity contribution in [1.82, 2.24) is 15.1 Å². The van der Waals surface area contributed by atoms with E-state index in [-0.39, 0.29) is 5.91 Å². The van der Waals surface area contributed by atoms with E-state index in [1.807, 2.05) is 30.1 Å². The second-order valence-electron chi connectivity index (χ2n) is 5.35. The van der Waals surface area contributed by atoms with E-state index in [0.29, 0.717) is 12.6 Å². The summed E-state index contributed by atoms with van der Waals surface area (Å²) in [5, 5.41) is 3.35. The zero-order chi connectivity index (χ0) is 13.7. The van der Waals surface area contributed by atoms with Crippen molar-refractivity contribution in [2.75, 3.05) is 33.2 Å². The van der Waals surface area contributed by atoms with Crippen LogP contribution in [-0.4, -0.2) is 55.0 Å². The molecular formula is C15H23N3O. The van der Waals surface area contributed by atoms with E-state index >= 15 is 0 Å². The second kappa shape index (κ2) is 6.68. The third-order valence-electron chi connectivity index (χ3n) is 3.42. The van der Waals surface area contributed by atoms with Crippen molar-refractivity contribution in [1.29, 1.82) is 0 Å². The van der Waals surface area contributed by atoms with Gasteiger partial charge in [0.1, 0.15) is 0 Å². The highest BCUT2D eigenvalue weighted by molar-refractivity contribution is 5.78. The van der Waals surface area contributed by atoms with Gasteiger partial charge in [0.15, 0.2) is 0 Å². The molecule has 0 bridgehead atoms. The third kappa shape index (κ3) is 4.33. The first-order chi connectivity index (χ1) is 9.15. The minimum absolute atomic E-state index is 0.229. The Morgan fingerprint density at radius 1 is 1.42 bits per heavy atom. The molecule has 104 valence electrons. The molecule has 1 unspecified atom stereocenters. The lowest BCUT2D eigenvalue weighted by Crippen LogP contribution is -2.53. The normalized spacial score (nSPS) is 19.7. The molecule has 1 aromatic rings. The average Bonchev–Trinajstić information content (AvgIpc) is 2.39. The monoisotopic (exact) mass is 261 g/mol. The predicted octanol–water partition coefficient (Wildman–Crippen LogP) is 0.939. The van der Waals surface area contributed by atoms with Crippen LogP contribution in [0, 0.1) is 0 Å². The molecule has 0 aromatic heterocycles. The summed E-state index contributed by atoms with van der Waals surface area (Å²) in [6.45, 7) is 5.96. The molecule has 1 heterocycles. The Labute approximate surface area is 115 Å². The molecule has 1 fully saturated rings. The number of nitrogens with zero attached hydrogens (tertiary/aromatic N) is 2. The van der Waals surface area contributed by atoms with Crippen LogP contribution in [0.3, 0.4) is 0 Å². The standard InChI is InChI=1S/C15H23N3O/c1-13-10-18(9-8-16-13)15(19)12-17(2)11-14-6-4-3-5-7-14/h3-7,13,16H,8-12H2,1-2H3. The SMILES string of the molecule is CC1CN(C(=O)CN(C)Cc2ccccc2)CCN1. The molecule has 1 atom stereocenters. The van der Waals surface area contributed by atoms with Crippen LogP contribution in [0.4, 0.5) is 0 Å². The minimum atomic E-state index is 0.229. The van der Waals surface area contributed by atoms with Crippen molar-refractivity contribution in [3.05, 3.63) is 35.9 Å². The van der Waals surface area contributed by atoms with Gasteiger partial charge in [0.25, 0.3) is 0 Å². The van der Waals surface area contributed by atoms with Gasteiger partial charge in [-0.1, -0.05) is 30.3 Å². The highest BCUT2D eigenvalue weighted by Crippen LogP contribution is 2.04. The number of benzene rings is 1. The Morgan fingerprint density at radius 2 is 2.16 bits per heavy atom. The Bertz CT molecular complexity index is 407. The Kier molecular flexibility index (Phi) is 4.93. The van der Waals surface area contributed by atoms with Crippen LogP contribution in [0.2, 0.25) is 0 Å². The first-order valence-corrected chi connectivity index (χ1v) is 6.89. The molecule has 4 heteroatoms. The number of rotatable bonds is 4.